The van der Waals surface area contributed by atoms with Gasteiger partial charge < -0.3 is 4.98 Å². The molecule has 5 rings (SSSR count). The van der Waals surface area contributed by atoms with Gasteiger partial charge in [0.25, 0.3) is 0 Å². The average molecular weight is 384 g/mol. The quantitative estimate of drug-likeness (QED) is 0.573. The van der Waals surface area contributed by atoms with E-state index in [-0.39, 0.29) is 11.7 Å². The Morgan fingerprint density at radius 1 is 0.966 bits per heavy atom. The summed E-state index contributed by atoms with van der Waals surface area (Å²) in [4.78, 5) is 22.5. The molecule has 5 heteroatoms. The molecule has 0 spiro atoms. The Balaban J connectivity index is 1.28. The highest BCUT2D eigenvalue weighted by Gasteiger charge is 2.23. The number of H-pyrrole nitrogens is 1. The maximum atomic E-state index is 12.5. The third-order valence-electron chi connectivity index (χ3n) is 5.85. The molecule has 5 nitrogen and oxygen atoms in total. The fourth-order valence-electron chi connectivity index (χ4n) is 4.37. The van der Waals surface area contributed by atoms with Gasteiger partial charge in [0.15, 0.2) is 0 Å². The highest BCUT2D eigenvalue weighted by molar-refractivity contribution is 5.75. The molecule has 0 radical (unpaired) electrons. The second-order valence-electron chi connectivity index (χ2n) is 7.74. The minimum atomic E-state index is 0.00582. The van der Waals surface area contributed by atoms with E-state index < -0.39 is 0 Å². The highest BCUT2D eigenvalue weighted by Crippen LogP contribution is 2.26. The molecule has 3 heterocycles. The number of hydrogen-bond donors (Lipinski definition) is 1. The SMILES string of the molecule is O=c1[nH]c2ccccc2n1C1CCN(Cc2ccnc(-c3ccccc3)c2)CC1. The van der Waals surface area contributed by atoms with E-state index >= 15 is 0 Å². The maximum absolute atomic E-state index is 12.5. The van der Waals surface area contributed by atoms with Crippen LogP contribution in [-0.4, -0.2) is 32.5 Å². The van der Waals surface area contributed by atoms with Gasteiger partial charge in [-0.25, -0.2) is 4.79 Å². The van der Waals surface area contributed by atoms with Crippen LogP contribution in [0.1, 0.15) is 24.4 Å². The summed E-state index contributed by atoms with van der Waals surface area (Å²) in [6.45, 7) is 2.89. The monoisotopic (exact) mass is 384 g/mol. The largest absolute Gasteiger partial charge is 0.326 e. The number of nitrogens with zero attached hydrogens (tertiary/aromatic N) is 3. The Labute approximate surface area is 169 Å². The number of aromatic nitrogens is 3. The fraction of sp³-hybridized carbons (Fsp3) is 0.250. The summed E-state index contributed by atoms with van der Waals surface area (Å²) < 4.78 is 1.95. The molecule has 1 N–H and O–H groups in total. The molecule has 0 atom stereocenters. The van der Waals surface area contributed by atoms with Crippen molar-refractivity contribution in [3.05, 3.63) is 89.0 Å². The zero-order valence-corrected chi connectivity index (χ0v) is 16.3. The molecule has 2 aromatic heterocycles. The summed E-state index contributed by atoms with van der Waals surface area (Å²) in [6.07, 6.45) is 3.87. The van der Waals surface area contributed by atoms with E-state index in [1.165, 1.54) is 5.56 Å². The molecule has 1 aliphatic rings. The van der Waals surface area contributed by atoms with E-state index in [0.717, 1.165) is 54.8 Å². The molecule has 0 saturated carbocycles. The lowest BCUT2D eigenvalue weighted by molar-refractivity contribution is 0.180. The average Bonchev–Trinajstić information content (AvgIpc) is 3.11. The zero-order valence-electron chi connectivity index (χ0n) is 16.3. The highest BCUT2D eigenvalue weighted by atomic mass is 16.1. The van der Waals surface area contributed by atoms with Gasteiger partial charge in [0.05, 0.1) is 16.7 Å². The van der Waals surface area contributed by atoms with Crippen LogP contribution in [0.3, 0.4) is 0 Å². The number of imidazole rings is 1. The van der Waals surface area contributed by atoms with Crippen molar-refractivity contribution in [2.24, 2.45) is 0 Å². The lowest BCUT2D eigenvalue weighted by Crippen LogP contribution is -2.36. The molecule has 1 aliphatic heterocycles. The van der Waals surface area contributed by atoms with Gasteiger partial charge in [-0.15, -0.1) is 0 Å². The zero-order chi connectivity index (χ0) is 19.6. The van der Waals surface area contributed by atoms with Gasteiger partial charge in [-0.3, -0.25) is 14.5 Å². The summed E-state index contributed by atoms with van der Waals surface area (Å²) in [5.74, 6) is 0. The van der Waals surface area contributed by atoms with Crippen LogP contribution in [0.15, 0.2) is 77.7 Å². The van der Waals surface area contributed by atoms with Crippen molar-refractivity contribution in [3.8, 4) is 11.3 Å². The minimum Gasteiger partial charge on any atom is -0.306 e. The molecule has 0 bridgehead atoms. The minimum absolute atomic E-state index is 0.00582. The van der Waals surface area contributed by atoms with Crippen molar-refractivity contribution in [2.45, 2.75) is 25.4 Å². The van der Waals surface area contributed by atoms with Crippen molar-refractivity contribution < 1.29 is 0 Å². The number of likely N-dealkylation sites (tertiary alicyclic amines) is 1. The smallest absolute Gasteiger partial charge is 0.306 e. The summed E-state index contributed by atoms with van der Waals surface area (Å²) in [6, 6.07) is 22.8. The predicted octanol–water partition coefficient (Wildman–Crippen LogP) is 4.23. The number of piperidine rings is 1. The van der Waals surface area contributed by atoms with Gasteiger partial charge in [0, 0.05) is 37.4 Å². The van der Waals surface area contributed by atoms with Crippen LogP contribution in [0.2, 0.25) is 0 Å². The first kappa shape index (κ1) is 17.9. The van der Waals surface area contributed by atoms with Gasteiger partial charge in [-0.2, -0.15) is 0 Å². The van der Waals surface area contributed by atoms with Crippen molar-refractivity contribution in [3.63, 3.8) is 0 Å². The predicted molar refractivity (Wildman–Crippen MR) is 116 cm³/mol. The molecule has 0 amide bonds. The van der Waals surface area contributed by atoms with Crippen molar-refractivity contribution in [1.29, 1.82) is 0 Å². The normalized spacial score (nSPS) is 15.7. The summed E-state index contributed by atoms with van der Waals surface area (Å²) in [5.41, 5.74) is 5.38. The second-order valence-corrected chi connectivity index (χ2v) is 7.74. The van der Waals surface area contributed by atoms with E-state index in [9.17, 15) is 4.79 Å². The maximum Gasteiger partial charge on any atom is 0.326 e. The Kier molecular flexibility index (Phi) is 4.74. The molecular weight excluding hydrogens is 360 g/mol. The van der Waals surface area contributed by atoms with Gasteiger partial charge in [0.1, 0.15) is 0 Å². The van der Waals surface area contributed by atoms with E-state index in [1.807, 2.05) is 53.2 Å². The number of pyridine rings is 1. The van der Waals surface area contributed by atoms with Gasteiger partial charge in [-0.1, -0.05) is 42.5 Å². The van der Waals surface area contributed by atoms with E-state index in [2.05, 4.69) is 39.1 Å². The third kappa shape index (κ3) is 3.61. The number of para-hydroxylation sites is 2. The molecule has 29 heavy (non-hydrogen) atoms. The third-order valence-corrected chi connectivity index (χ3v) is 5.85. The number of rotatable bonds is 4. The Morgan fingerprint density at radius 2 is 1.72 bits per heavy atom. The molecule has 1 fully saturated rings. The molecule has 4 aromatic rings. The van der Waals surface area contributed by atoms with Gasteiger partial charge in [0.2, 0.25) is 0 Å². The Morgan fingerprint density at radius 3 is 2.55 bits per heavy atom. The topological polar surface area (TPSA) is 53.9 Å². The molecule has 146 valence electrons. The number of nitrogens with one attached hydrogen (secondary N) is 1. The first-order chi connectivity index (χ1) is 14.3. The molecule has 2 aromatic carbocycles. The standard InChI is InChI=1S/C24H24N4O/c29-24-26-21-8-4-5-9-23(21)28(24)20-11-14-27(15-12-20)17-18-10-13-25-22(16-18)19-6-2-1-3-7-19/h1-10,13,16,20H,11-12,14-15,17H2,(H,26,29). The molecular formula is C24H24N4O. The van der Waals surface area contributed by atoms with Gasteiger partial charge in [-0.05, 0) is 42.7 Å². The van der Waals surface area contributed by atoms with Crippen molar-refractivity contribution in [1.82, 2.24) is 19.4 Å². The van der Waals surface area contributed by atoms with E-state index in [1.54, 1.807) is 0 Å². The second kappa shape index (κ2) is 7.68. The van der Waals surface area contributed by atoms with Crippen LogP contribution in [-0.2, 0) is 6.54 Å². The van der Waals surface area contributed by atoms with Crippen LogP contribution in [0, 0.1) is 0 Å². The van der Waals surface area contributed by atoms with E-state index in [4.69, 9.17) is 0 Å². The van der Waals surface area contributed by atoms with Crippen molar-refractivity contribution in [2.75, 3.05) is 13.1 Å². The lowest BCUT2D eigenvalue weighted by atomic mass is 10.0. The van der Waals surface area contributed by atoms with Crippen LogP contribution < -0.4 is 5.69 Å². The lowest BCUT2D eigenvalue weighted by Gasteiger charge is -2.32. The summed E-state index contributed by atoms with van der Waals surface area (Å²) in [7, 11) is 0. The van der Waals surface area contributed by atoms with Crippen molar-refractivity contribution >= 4 is 11.0 Å². The summed E-state index contributed by atoms with van der Waals surface area (Å²) >= 11 is 0. The van der Waals surface area contributed by atoms with Crippen LogP contribution in [0.25, 0.3) is 22.3 Å². The van der Waals surface area contributed by atoms with Crippen LogP contribution in [0.4, 0.5) is 0 Å². The van der Waals surface area contributed by atoms with Crippen LogP contribution >= 0.6 is 0 Å². The number of aromatic amines is 1. The van der Waals surface area contributed by atoms with Crippen LogP contribution in [0.5, 0.6) is 0 Å². The summed E-state index contributed by atoms with van der Waals surface area (Å²) in [5, 5.41) is 0. The fourth-order valence-corrected chi connectivity index (χ4v) is 4.37. The number of fused-ring (bicyclic) bond motifs is 1. The molecule has 0 aliphatic carbocycles. The number of hydrogen-bond acceptors (Lipinski definition) is 3. The Hall–Kier alpha value is -3.18. The van der Waals surface area contributed by atoms with E-state index in [0.29, 0.717) is 0 Å². The first-order valence-corrected chi connectivity index (χ1v) is 10.2. The van der Waals surface area contributed by atoms with Gasteiger partial charge >= 0.3 is 5.69 Å². The first-order valence-electron chi connectivity index (χ1n) is 10.2. The molecule has 1 saturated heterocycles. The number of benzene rings is 2. The Bertz CT molecular complexity index is 1170. The molecule has 0 unspecified atom stereocenters.